The molecule has 2 aromatic carbocycles. The Hall–Kier alpha value is -2.08. The Morgan fingerprint density at radius 3 is 1.79 bits per heavy atom. The van der Waals surface area contributed by atoms with Crippen LogP contribution >= 0.6 is 0 Å². The highest BCUT2D eigenvalue weighted by Crippen LogP contribution is 2.26. The average Bonchev–Trinajstić information content (AvgIpc) is 2.50. The van der Waals surface area contributed by atoms with E-state index in [9.17, 15) is 0 Å². The van der Waals surface area contributed by atoms with Crippen LogP contribution in [0.5, 0.6) is 0 Å². The van der Waals surface area contributed by atoms with Crippen molar-refractivity contribution in [2.24, 2.45) is 0 Å². The smallest absolute Gasteiger partial charge is 0.0126 e. The molecule has 0 fully saturated rings. The summed E-state index contributed by atoms with van der Waals surface area (Å²) in [6.45, 7) is 13.5. The number of hydrogen-bond donors (Lipinski definition) is 0. The largest absolute Gasteiger partial charge is 0.0619 e. The van der Waals surface area contributed by atoms with E-state index in [1.54, 1.807) is 0 Å². The third kappa shape index (κ3) is 4.96. The summed E-state index contributed by atoms with van der Waals surface area (Å²) < 4.78 is 0. The van der Waals surface area contributed by atoms with E-state index >= 15 is 0 Å². The molecule has 0 radical (unpaired) electrons. The van der Waals surface area contributed by atoms with Gasteiger partial charge in [-0.3, -0.25) is 0 Å². The first-order valence-corrected chi connectivity index (χ1v) is 8.73. The maximum Gasteiger partial charge on any atom is -0.0126 e. The molecule has 0 amide bonds. The average molecular weight is 319 g/mol. The molecule has 2 rings (SSSR count). The Morgan fingerprint density at radius 2 is 1.21 bits per heavy atom. The van der Waals surface area contributed by atoms with Crippen molar-refractivity contribution < 1.29 is 0 Å². The molecular formula is C24H30. The van der Waals surface area contributed by atoms with Gasteiger partial charge in [0.25, 0.3) is 0 Å². The van der Waals surface area contributed by atoms with Gasteiger partial charge >= 0.3 is 0 Å². The minimum atomic E-state index is 0.160. The molecule has 0 unspecified atom stereocenters. The lowest BCUT2D eigenvalue weighted by Crippen LogP contribution is -2.12. The van der Waals surface area contributed by atoms with Crippen molar-refractivity contribution in [3.63, 3.8) is 0 Å². The zero-order chi connectivity index (χ0) is 17.8. The zero-order valence-electron chi connectivity index (χ0n) is 15.9. The summed E-state index contributed by atoms with van der Waals surface area (Å²) in [5, 5.41) is 0. The van der Waals surface area contributed by atoms with Crippen molar-refractivity contribution in [1.29, 1.82) is 0 Å². The summed E-state index contributed by atoms with van der Waals surface area (Å²) >= 11 is 0. The summed E-state index contributed by atoms with van der Waals surface area (Å²) in [6.07, 6.45) is 8.59. The standard InChI is InChI=1S/C24H30/c1-23(2,3)21-17-15-19(16-18-21)11-7-8-12-20-13-9-10-14-22(20)24(4,5)6/h7-18H,1-6H3. The van der Waals surface area contributed by atoms with Crippen LogP contribution in [0, 0.1) is 0 Å². The molecule has 0 spiro atoms. The quantitative estimate of drug-likeness (QED) is 0.534. The highest BCUT2D eigenvalue weighted by atomic mass is 14.2. The van der Waals surface area contributed by atoms with E-state index in [1.165, 1.54) is 22.3 Å². The fraction of sp³-hybridized carbons (Fsp3) is 0.333. The van der Waals surface area contributed by atoms with Gasteiger partial charge in [-0.1, -0.05) is 114 Å². The highest BCUT2D eigenvalue weighted by molar-refractivity contribution is 5.60. The number of allylic oxidation sites excluding steroid dienone is 2. The molecule has 0 saturated carbocycles. The van der Waals surface area contributed by atoms with Crippen LogP contribution in [-0.2, 0) is 10.8 Å². The van der Waals surface area contributed by atoms with Crippen LogP contribution in [0.2, 0.25) is 0 Å². The second kappa shape index (κ2) is 7.21. The first-order valence-electron chi connectivity index (χ1n) is 8.73. The SMILES string of the molecule is CC(C)(C)c1ccc(C=CC=Cc2ccccc2C(C)(C)C)cc1. The topological polar surface area (TPSA) is 0 Å². The van der Waals surface area contributed by atoms with Crippen molar-refractivity contribution in [2.75, 3.05) is 0 Å². The van der Waals surface area contributed by atoms with Crippen molar-refractivity contribution in [2.45, 2.75) is 52.4 Å². The first kappa shape index (κ1) is 18.3. The molecule has 0 N–H and O–H groups in total. The fourth-order valence-electron chi connectivity index (χ4n) is 2.75. The Bertz CT molecular complexity index is 714. The van der Waals surface area contributed by atoms with Gasteiger partial charge < -0.3 is 0 Å². The molecule has 2 aromatic rings. The van der Waals surface area contributed by atoms with Crippen molar-refractivity contribution >= 4 is 12.2 Å². The van der Waals surface area contributed by atoms with Crippen LogP contribution in [-0.4, -0.2) is 0 Å². The second-order valence-electron chi connectivity index (χ2n) is 8.43. The second-order valence-corrected chi connectivity index (χ2v) is 8.43. The van der Waals surface area contributed by atoms with Gasteiger partial charge in [0.05, 0.1) is 0 Å². The predicted octanol–water partition coefficient (Wildman–Crippen LogP) is 7.01. The van der Waals surface area contributed by atoms with E-state index in [0.717, 1.165) is 0 Å². The lowest BCUT2D eigenvalue weighted by Gasteiger charge is -2.21. The molecule has 0 bridgehead atoms. The van der Waals surface area contributed by atoms with Crippen LogP contribution in [0.15, 0.2) is 60.7 Å². The third-order valence-electron chi connectivity index (χ3n) is 4.22. The van der Waals surface area contributed by atoms with E-state index in [0.29, 0.717) is 0 Å². The molecule has 0 heteroatoms. The van der Waals surface area contributed by atoms with Crippen molar-refractivity contribution in [3.8, 4) is 0 Å². The van der Waals surface area contributed by atoms with Gasteiger partial charge in [0.15, 0.2) is 0 Å². The van der Waals surface area contributed by atoms with Gasteiger partial charge in [-0.2, -0.15) is 0 Å². The lowest BCUT2D eigenvalue weighted by molar-refractivity contribution is 0.589. The summed E-state index contributed by atoms with van der Waals surface area (Å²) in [7, 11) is 0. The van der Waals surface area contributed by atoms with Gasteiger partial charge in [-0.25, -0.2) is 0 Å². The van der Waals surface area contributed by atoms with Gasteiger partial charge in [0.2, 0.25) is 0 Å². The molecule has 0 saturated heterocycles. The minimum Gasteiger partial charge on any atom is -0.0619 e. The van der Waals surface area contributed by atoms with Crippen LogP contribution in [0.25, 0.3) is 12.2 Å². The van der Waals surface area contributed by atoms with Gasteiger partial charge in [0.1, 0.15) is 0 Å². The predicted molar refractivity (Wildman–Crippen MR) is 108 cm³/mol. The first-order chi connectivity index (χ1) is 11.2. The van der Waals surface area contributed by atoms with Crippen LogP contribution in [0.4, 0.5) is 0 Å². The molecule has 0 atom stereocenters. The number of rotatable bonds is 3. The fourth-order valence-corrected chi connectivity index (χ4v) is 2.75. The minimum absolute atomic E-state index is 0.160. The van der Waals surface area contributed by atoms with Gasteiger partial charge in [-0.05, 0) is 33.1 Å². The van der Waals surface area contributed by atoms with E-state index in [2.05, 4.69) is 114 Å². The molecule has 24 heavy (non-hydrogen) atoms. The molecular weight excluding hydrogens is 288 g/mol. The van der Waals surface area contributed by atoms with Crippen LogP contribution in [0.3, 0.4) is 0 Å². The molecule has 0 aliphatic heterocycles. The van der Waals surface area contributed by atoms with Crippen molar-refractivity contribution in [1.82, 2.24) is 0 Å². The lowest BCUT2D eigenvalue weighted by atomic mass is 9.84. The Labute approximate surface area is 147 Å². The molecule has 0 heterocycles. The van der Waals surface area contributed by atoms with Crippen molar-refractivity contribution in [3.05, 3.63) is 82.9 Å². The molecule has 126 valence electrons. The highest BCUT2D eigenvalue weighted by Gasteiger charge is 2.15. The Morgan fingerprint density at radius 1 is 0.625 bits per heavy atom. The summed E-state index contributed by atoms with van der Waals surface area (Å²) in [6, 6.07) is 17.4. The summed E-state index contributed by atoms with van der Waals surface area (Å²) in [5.41, 5.74) is 5.64. The van der Waals surface area contributed by atoms with E-state index in [1.807, 2.05) is 0 Å². The van der Waals surface area contributed by atoms with E-state index in [4.69, 9.17) is 0 Å². The molecule has 0 nitrogen and oxygen atoms in total. The summed E-state index contributed by atoms with van der Waals surface area (Å²) in [4.78, 5) is 0. The van der Waals surface area contributed by atoms with Gasteiger partial charge in [-0.15, -0.1) is 0 Å². The Balaban J connectivity index is 2.11. The maximum atomic E-state index is 2.26. The third-order valence-corrected chi connectivity index (χ3v) is 4.22. The molecule has 0 aromatic heterocycles. The van der Waals surface area contributed by atoms with Gasteiger partial charge in [0, 0.05) is 0 Å². The van der Waals surface area contributed by atoms with Crippen LogP contribution in [0.1, 0.15) is 63.8 Å². The zero-order valence-corrected chi connectivity index (χ0v) is 15.9. The normalized spacial score (nSPS) is 13.1. The number of hydrogen-bond acceptors (Lipinski definition) is 0. The number of benzene rings is 2. The maximum absolute atomic E-state index is 2.26. The Kier molecular flexibility index (Phi) is 5.49. The summed E-state index contributed by atoms with van der Waals surface area (Å²) in [5.74, 6) is 0. The molecule has 0 aliphatic carbocycles. The van der Waals surface area contributed by atoms with Crippen LogP contribution < -0.4 is 0 Å². The van der Waals surface area contributed by atoms with E-state index < -0.39 is 0 Å². The monoisotopic (exact) mass is 318 g/mol. The van der Waals surface area contributed by atoms with E-state index in [-0.39, 0.29) is 10.8 Å². The molecule has 0 aliphatic rings.